The van der Waals surface area contributed by atoms with Gasteiger partial charge in [-0.1, -0.05) is 0 Å². The molecule has 1 aromatic rings. The van der Waals surface area contributed by atoms with E-state index in [1.165, 1.54) is 6.92 Å². The van der Waals surface area contributed by atoms with E-state index in [-0.39, 0.29) is 5.91 Å². The Morgan fingerprint density at radius 1 is 1.60 bits per heavy atom. The molecule has 0 saturated heterocycles. The molecule has 1 amide bonds. The summed E-state index contributed by atoms with van der Waals surface area (Å²) in [5.41, 5.74) is 0.888. The maximum atomic E-state index is 10.8. The lowest BCUT2D eigenvalue weighted by atomic mass is 10.1. The number of carboxylic acid groups (broad SMARTS) is 1. The zero-order valence-corrected chi connectivity index (χ0v) is 8.73. The Hall–Kier alpha value is -1.78. The van der Waals surface area contributed by atoms with Crippen LogP contribution in [0.1, 0.15) is 12.5 Å². The number of hydrogen-bond donors (Lipinski definition) is 2. The van der Waals surface area contributed by atoms with Crippen molar-refractivity contribution in [3.05, 3.63) is 24.0 Å². The molecular formula is C10H14N2O3. The zero-order valence-electron chi connectivity index (χ0n) is 8.73. The third-order valence-electron chi connectivity index (χ3n) is 2.01. The van der Waals surface area contributed by atoms with E-state index in [0.29, 0.717) is 6.42 Å². The number of aromatic nitrogens is 1. The summed E-state index contributed by atoms with van der Waals surface area (Å²) in [7, 11) is 1.86. The van der Waals surface area contributed by atoms with E-state index in [4.69, 9.17) is 5.11 Å². The highest BCUT2D eigenvalue weighted by Gasteiger charge is 2.18. The second kappa shape index (κ2) is 4.63. The monoisotopic (exact) mass is 210 g/mol. The molecule has 0 aliphatic rings. The van der Waals surface area contributed by atoms with Crippen LogP contribution in [0, 0.1) is 0 Å². The number of carbonyl (C=O) groups excluding carboxylic acids is 1. The van der Waals surface area contributed by atoms with Gasteiger partial charge in [-0.2, -0.15) is 0 Å². The van der Waals surface area contributed by atoms with Crippen LogP contribution in [0.3, 0.4) is 0 Å². The number of nitrogens with one attached hydrogen (secondary N) is 1. The van der Waals surface area contributed by atoms with E-state index >= 15 is 0 Å². The summed E-state index contributed by atoms with van der Waals surface area (Å²) >= 11 is 0. The molecule has 5 nitrogen and oxygen atoms in total. The van der Waals surface area contributed by atoms with Crippen LogP contribution in [0.25, 0.3) is 0 Å². The van der Waals surface area contributed by atoms with E-state index in [9.17, 15) is 9.59 Å². The normalized spacial score (nSPS) is 12.1. The molecule has 1 heterocycles. The van der Waals surface area contributed by atoms with Crippen LogP contribution in [-0.4, -0.2) is 27.6 Å². The molecule has 15 heavy (non-hydrogen) atoms. The second-order valence-electron chi connectivity index (χ2n) is 3.48. The standard InChI is InChI=1S/C10H14N2O3/c1-7(13)11-9(10(14)15)5-8-3-4-12(2)6-8/h3-4,6,9H,5H2,1-2H3,(H,11,13)(H,14,15). The van der Waals surface area contributed by atoms with E-state index in [1.54, 1.807) is 0 Å². The van der Waals surface area contributed by atoms with Gasteiger partial charge in [0.25, 0.3) is 0 Å². The van der Waals surface area contributed by atoms with Gasteiger partial charge in [-0.05, 0) is 11.6 Å². The van der Waals surface area contributed by atoms with Crippen molar-refractivity contribution in [1.82, 2.24) is 9.88 Å². The average Bonchev–Trinajstić information content (AvgIpc) is 2.49. The largest absolute Gasteiger partial charge is 0.480 e. The van der Waals surface area contributed by atoms with Gasteiger partial charge < -0.3 is 15.0 Å². The quantitative estimate of drug-likeness (QED) is 0.743. The summed E-state index contributed by atoms with van der Waals surface area (Å²) in [6, 6.07) is 0.975. The number of aryl methyl sites for hydroxylation is 1. The van der Waals surface area contributed by atoms with Crippen LogP contribution in [0.2, 0.25) is 0 Å². The number of rotatable bonds is 4. The molecule has 0 saturated carbocycles. The number of carbonyl (C=O) groups is 2. The number of aliphatic carboxylic acids is 1. The fourth-order valence-corrected chi connectivity index (χ4v) is 1.36. The number of nitrogens with zero attached hydrogens (tertiary/aromatic N) is 1. The molecule has 0 spiro atoms. The number of carboxylic acids is 1. The third-order valence-corrected chi connectivity index (χ3v) is 2.01. The van der Waals surface area contributed by atoms with E-state index in [2.05, 4.69) is 5.32 Å². The van der Waals surface area contributed by atoms with Crippen molar-refractivity contribution in [3.63, 3.8) is 0 Å². The summed E-state index contributed by atoms with van der Waals surface area (Å²) in [6.45, 7) is 1.31. The smallest absolute Gasteiger partial charge is 0.326 e. The molecule has 0 aliphatic heterocycles. The molecule has 5 heteroatoms. The fraction of sp³-hybridized carbons (Fsp3) is 0.400. The van der Waals surface area contributed by atoms with Crippen molar-refractivity contribution in [2.24, 2.45) is 7.05 Å². The van der Waals surface area contributed by atoms with Gasteiger partial charge in [-0.3, -0.25) is 4.79 Å². The van der Waals surface area contributed by atoms with Crippen LogP contribution in [0.15, 0.2) is 18.5 Å². The van der Waals surface area contributed by atoms with Crippen LogP contribution < -0.4 is 5.32 Å². The lowest BCUT2D eigenvalue weighted by molar-refractivity contribution is -0.141. The van der Waals surface area contributed by atoms with Crippen molar-refractivity contribution >= 4 is 11.9 Å². The highest BCUT2D eigenvalue weighted by atomic mass is 16.4. The summed E-state index contributed by atoms with van der Waals surface area (Å²) in [4.78, 5) is 21.6. The lowest BCUT2D eigenvalue weighted by Gasteiger charge is -2.11. The molecule has 0 aromatic carbocycles. The van der Waals surface area contributed by atoms with E-state index in [0.717, 1.165) is 5.56 Å². The number of hydrogen-bond acceptors (Lipinski definition) is 2. The van der Waals surface area contributed by atoms with E-state index < -0.39 is 12.0 Å². The van der Waals surface area contributed by atoms with Gasteiger partial charge in [0.15, 0.2) is 0 Å². The van der Waals surface area contributed by atoms with Crippen LogP contribution in [0.5, 0.6) is 0 Å². The maximum Gasteiger partial charge on any atom is 0.326 e. The summed E-state index contributed by atoms with van der Waals surface area (Å²) in [6.07, 6.45) is 3.97. The first-order valence-electron chi connectivity index (χ1n) is 4.60. The minimum absolute atomic E-state index is 0.301. The molecule has 0 aliphatic carbocycles. The SMILES string of the molecule is CC(=O)NC(Cc1ccn(C)c1)C(=O)O. The maximum absolute atomic E-state index is 10.8. The Morgan fingerprint density at radius 3 is 2.67 bits per heavy atom. The molecule has 0 bridgehead atoms. The average molecular weight is 210 g/mol. The Balaban J connectivity index is 2.66. The third kappa shape index (κ3) is 3.46. The van der Waals surface area contributed by atoms with Crippen molar-refractivity contribution in [1.29, 1.82) is 0 Å². The van der Waals surface area contributed by atoms with Crippen LogP contribution >= 0.6 is 0 Å². The zero-order chi connectivity index (χ0) is 11.4. The van der Waals surface area contributed by atoms with Gasteiger partial charge in [0.05, 0.1) is 0 Å². The van der Waals surface area contributed by atoms with Crippen LogP contribution in [0.4, 0.5) is 0 Å². The van der Waals surface area contributed by atoms with Crippen molar-refractivity contribution < 1.29 is 14.7 Å². The van der Waals surface area contributed by atoms with Crippen molar-refractivity contribution in [2.45, 2.75) is 19.4 Å². The molecule has 82 valence electrons. The first-order chi connectivity index (χ1) is 6.99. The van der Waals surface area contributed by atoms with E-state index in [1.807, 2.05) is 30.1 Å². The van der Waals surface area contributed by atoms with Crippen LogP contribution in [-0.2, 0) is 23.1 Å². The molecule has 1 unspecified atom stereocenters. The Labute approximate surface area is 87.7 Å². The van der Waals surface area contributed by atoms with Gasteiger partial charge in [-0.25, -0.2) is 4.79 Å². The Morgan fingerprint density at radius 2 is 2.27 bits per heavy atom. The number of amides is 1. The molecule has 1 atom stereocenters. The molecule has 1 rings (SSSR count). The predicted molar refractivity (Wildman–Crippen MR) is 54.4 cm³/mol. The van der Waals surface area contributed by atoms with Gasteiger partial charge >= 0.3 is 5.97 Å². The Kier molecular flexibility index (Phi) is 3.49. The Bertz CT molecular complexity index is 370. The van der Waals surface area contributed by atoms with Gasteiger partial charge in [-0.15, -0.1) is 0 Å². The topological polar surface area (TPSA) is 71.3 Å². The molecule has 1 aromatic heterocycles. The minimum atomic E-state index is -1.02. The first-order valence-corrected chi connectivity index (χ1v) is 4.60. The highest BCUT2D eigenvalue weighted by molar-refractivity contribution is 5.82. The summed E-state index contributed by atoms with van der Waals surface area (Å²) in [5, 5.41) is 11.3. The lowest BCUT2D eigenvalue weighted by Crippen LogP contribution is -2.41. The second-order valence-corrected chi connectivity index (χ2v) is 3.48. The molecule has 0 fully saturated rings. The van der Waals surface area contributed by atoms with Gasteiger partial charge in [0.1, 0.15) is 6.04 Å². The fourth-order valence-electron chi connectivity index (χ4n) is 1.36. The van der Waals surface area contributed by atoms with Crippen molar-refractivity contribution in [3.8, 4) is 0 Å². The highest BCUT2D eigenvalue weighted by Crippen LogP contribution is 2.04. The summed E-state index contributed by atoms with van der Waals surface area (Å²) in [5.74, 6) is -1.35. The predicted octanol–water partition coefficient (Wildman–Crippen LogP) is 0.157. The molecule has 0 radical (unpaired) electrons. The van der Waals surface area contributed by atoms with Crippen molar-refractivity contribution in [2.75, 3.05) is 0 Å². The molecular weight excluding hydrogens is 196 g/mol. The van der Waals surface area contributed by atoms with Gasteiger partial charge in [0, 0.05) is 32.8 Å². The van der Waals surface area contributed by atoms with Gasteiger partial charge in [0.2, 0.25) is 5.91 Å². The first kappa shape index (κ1) is 11.3. The summed E-state index contributed by atoms with van der Waals surface area (Å²) < 4.78 is 1.84. The minimum Gasteiger partial charge on any atom is -0.480 e. The molecule has 2 N–H and O–H groups in total.